The smallest absolute Gasteiger partial charge is 0.232 e. The largest absolute Gasteiger partial charge is 0.292 e. The molecule has 0 saturated heterocycles. The molecule has 0 spiro atoms. The van der Waals surface area contributed by atoms with Crippen molar-refractivity contribution < 1.29 is 13.2 Å². The van der Waals surface area contributed by atoms with Crippen LogP contribution in [0.1, 0.15) is 17.3 Å². The van der Waals surface area contributed by atoms with Crippen molar-refractivity contribution in [3.63, 3.8) is 0 Å². The molecule has 5 heteroatoms. The van der Waals surface area contributed by atoms with Gasteiger partial charge in [-0.1, -0.05) is 43.3 Å². The van der Waals surface area contributed by atoms with Gasteiger partial charge < -0.3 is 0 Å². The maximum Gasteiger partial charge on any atom is 0.232 e. The average molecular weight is 265 g/mol. The average Bonchev–Trinajstić information content (AvgIpc) is 2.71. The first-order valence-electron chi connectivity index (χ1n) is 5.67. The van der Waals surface area contributed by atoms with Gasteiger partial charge in [-0.2, -0.15) is 0 Å². The molecule has 1 heterocycles. The fourth-order valence-electron chi connectivity index (χ4n) is 2.09. The van der Waals surface area contributed by atoms with Gasteiger partial charge in [0, 0.05) is 17.7 Å². The Bertz CT molecular complexity index is 578. The van der Waals surface area contributed by atoms with E-state index in [1.807, 2.05) is 13.0 Å². The quantitative estimate of drug-likeness (QED) is 0.781. The minimum absolute atomic E-state index is 0.118. The first-order chi connectivity index (χ1) is 8.41. The Balaban J connectivity index is 2.35. The summed E-state index contributed by atoms with van der Waals surface area (Å²) in [7, 11) is -3.41. The third-order valence-corrected chi connectivity index (χ3v) is 4.13. The molecule has 0 radical (unpaired) electrons. The van der Waals surface area contributed by atoms with Gasteiger partial charge >= 0.3 is 0 Å². The molecule has 0 bridgehead atoms. The highest BCUT2D eigenvalue weighted by Crippen LogP contribution is 2.26. The summed E-state index contributed by atoms with van der Waals surface area (Å²) in [5.74, 6) is -0.286. The van der Waals surface area contributed by atoms with Gasteiger partial charge in [0.25, 0.3) is 0 Å². The lowest BCUT2D eigenvalue weighted by atomic mass is 9.96. The van der Waals surface area contributed by atoms with Crippen molar-refractivity contribution in [1.29, 1.82) is 0 Å². The molecule has 0 aromatic heterocycles. The molecule has 1 aliphatic heterocycles. The Labute approximate surface area is 107 Å². The Morgan fingerprint density at radius 2 is 1.83 bits per heavy atom. The predicted octanol–water partition coefficient (Wildman–Crippen LogP) is 1.66. The van der Waals surface area contributed by atoms with Crippen LogP contribution < -0.4 is 0 Å². The maximum absolute atomic E-state index is 12.4. The molecular weight excluding hydrogens is 250 g/mol. The zero-order chi connectivity index (χ0) is 13.3. The van der Waals surface area contributed by atoms with Gasteiger partial charge in [-0.05, 0) is 0 Å². The van der Waals surface area contributed by atoms with E-state index in [9.17, 15) is 13.2 Å². The number of Topliss-reactive ketones (excluding diaryl/α,β-unsaturated/α-hetero) is 1. The number of benzene rings is 1. The molecule has 0 N–H and O–H groups in total. The van der Waals surface area contributed by atoms with Gasteiger partial charge in [-0.25, -0.2) is 8.42 Å². The van der Waals surface area contributed by atoms with Crippen molar-refractivity contribution in [2.24, 2.45) is 5.92 Å². The highest BCUT2D eigenvalue weighted by Gasteiger charge is 2.37. The van der Waals surface area contributed by atoms with E-state index in [-0.39, 0.29) is 11.7 Å². The van der Waals surface area contributed by atoms with Gasteiger partial charge in [0.1, 0.15) is 6.04 Å². The van der Waals surface area contributed by atoms with Crippen molar-refractivity contribution >= 4 is 15.8 Å². The molecule has 0 aliphatic carbocycles. The first-order valence-corrected chi connectivity index (χ1v) is 7.52. The van der Waals surface area contributed by atoms with E-state index in [4.69, 9.17) is 0 Å². The van der Waals surface area contributed by atoms with Crippen LogP contribution in [0.3, 0.4) is 0 Å². The molecule has 1 aromatic rings. The Kier molecular flexibility index (Phi) is 3.26. The van der Waals surface area contributed by atoms with Gasteiger partial charge in [0.05, 0.1) is 6.26 Å². The Hall–Kier alpha value is -1.62. The molecule has 2 atom stereocenters. The van der Waals surface area contributed by atoms with Gasteiger partial charge in [0.2, 0.25) is 10.0 Å². The number of nitrogens with zero attached hydrogens (tertiary/aromatic N) is 1. The topological polar surface area (TPSA) is 54.5 Å². The van der Waals surface area contributed by atoms with Crippen LogP contribution >= 0.6 is 0 Å². The zero-order valence-electron chi connectivity index (χ0n) is 10.3. The van der Waals surface area contributed by atoms with Crippen molar-refractivity contribution in [3.8, 4) is 0 Å². The van der Waals surface area contributed by atoms with Crippen molar-refractivity contribution in [2.45, 2.75) is 13.0 Å². The fourth-order valence-corrected chi connectivity index (χ4v) is 3.09. The summed E-state index contributed by atoms with van der Waals surface area (Å²) in [5.41, 5.74) is 0.534. The summed E-state index contributed by atoms with van der Waals surface area (Å²) < 4.78 is 24.4. The monoisotopic (exact) mass is 265 g/mol. The molecule has 0 saturated carbocycles. The SMILES string of the molecule is C[C@@H]1C=CN(S(C)(=O)=O)[C@H]1C(=O)c1ccccc1. The van der Waals surface area contributed by atoms with Crippen molar-refractivity contribution in [3.05, 3.63) is 48.2 Å². The maximum atomic E-state index is 12.4. The summed E-state index contributed by atoms with van der Waals surface area (Å²) in [4.78, 5) is 12.4. The summed E-state index contributed by atoms with van der Waals surface area (Å²) in [6.45, 7) is 1.84. The standard InChI is InChI=1S/C13H15NO3S/c1-10-8-9-14(18(2,16)17)12(10)13(15)11-6-4-3-5-7-11/h3-10,12H,1-2H3/t10-,12-/m1/s1. The van der Waals surface area contributed by atoms with Gasteiger partial charge in [-0.15, -0.1) is 0 Å². The van der Waals surface area contributed by atoms with E-state index in [1.165, 1.54) is 6.20 Å². The molecule has 4 nitrogen and oxygen atoms in total. The molecule has 1 aliphatic rings. The molecule has 0 fully saturated rings. The molecule has 18 heavy (non-hydrogen) atoms. The van der Waals surface area contributed by atoms with Crippen LogP contribution in [0.4, 0.5) is 0 Å². The van der Waals surface area contributed by atoms with E-state index in [2.05, 4.69) is 0 Å². The van der Waals surface area contributed by atoms with E-state index in [0.29, 0.717) is 5.56 Å². The molecular formula is C13H15NO3S. The molecule has 1 aromatic carbocycles. The Morgan fingerprint density at radius 3 is 2.39 bits per heavy atom. The van der Waals surface area contributed by atoms with Crippen LogP contribution in [0.5, 0.6) is 0 Å². The first kappa shape index (κ1) is 12.8. The van der Waals surface area contributed by atoms with E-state index < -0.39 is 16.1 Å². The van der Waals surface area contributed by atoms with Crippen LogP contribution in [-0.4, -0.2) is 30.8 Å². The lowest BCUT2D eigenvalue weighted by Gasteiger charge is -2.25. The number of sulfonamides is 1. The van der Waals surface area contributed by atoms with Crippen LogP contribution in [0, 0.1) is 5.92 Å². The number of hydrogen-bond donors (Lipinski definition) is 0. The Morgan fingerprint density at radius 1 is 1.22 bits per heavy atom. The molecule has 0 unspecified atom stereocenters. The summed E-state index contributed by atoms with van der Waals surface area (Å²) in [5, 5.41) is 0. The third-order valence-electron chi connectivity index (χ3n) is 3.02. The highest BCUT2D eigenvalue weighted by molar-refractivity contribution is 7.88. The number of hydrogen-bond acceptors (Lipinski definition) is 3. The lowest BCUT2D eigenvalue weighted by Crippen LogP contribution is -2.41. The zero-order valence-corrected chi connectivity index (χ0v) is 11.1. The van der Waals surface area contributed by atoms with E-state index in [1.54, 1.807) is 30.3 Å². The number of rotatable bonds is 3. The molecule has 96 valence electrons. The lowest BCUT2D eigenvalue weighted by molar-refractivity contribution is 0.0903. The van der Waals surface area contributed by atoms with Gasteiger partial charge in [0.15, 0.2) is 5.78 Å². The van der Waals surface area contributed by atoms with Crippen molar-refractivity contribution in [2.75, 3.05) is 6.26 Å². The minimum atomic E-state index is -3.41. The second kappa shape index (κ2) is 4.57. The molecule has 0 amide bonds. The van der Waals surface area contributed by atoms with Crippen molar-refractivity contribution in [1.82, 2.24) is 4.31 Å². The minimum Gasteiger partial charge on any atom is -0.292 e. The normalized spacial score (nSPS) is 23.3. The third kappa shape index (κ3) is 2.31. The predicted molar refractivity (Wildman–Crippen MR) is 69.5 cm³/mol. The second-order valence-corrected chi connectivity index (χ2v) is 6.36. The van der Waals surface area contributed by atoms with Crippen LogP contribution in [-0.2, 0) is 10.0 Å². The fraction of sp³-hybridized carbons (Fsp3) is 0.308. The van der Waals surface area contributed by atoms with Crippen LogP contribution in [0.15, 0.2) is 42.6 Å². The number of carbonyl (C=O) groups is 1. The van der Waals surface area contributed by atoms with E-state index in [0.717, 1.165) is 10.6 Å². The summed E-state index contributed by atoms with van der Waals surface area (Å²) >= 11 is 0. The number of carbonyl (C=O) groups excluding carboxylic acids is 1. The van der Waals surface area contributed by atoms with Crippen LogP contribution in [0.2, 0.25) is 0 Å². The second-order valence-electron chi connectivity index (χ2n) is 4.47. The number of ketones is 1. The highest BCUT2D eigenvalue weighted by atomic mass is 32.2. The van der Waals surface area contributed by atoms with Crippen LogP contribution in [0.25, 0.3) is 0 Å². The summed E-state index contributed by atoms with van der Waals surface area (Å²) in [6, 6.07) is 8.10. The summed E-state index contributed by atoms with van der Waals surface area (Å²) in [6.07, 6.45) is 4.33. The van der Waals surface area contributed by atoms with E-state index >= 15 is 0 Å². The molecule has 2 rings (SSSR count). The van der Waals surface area contributed by atoms with Gasteiger partial charge in [-0.3, -0.25) is 9.10 Å².